The monoisotopic (exact) mass is 307 g/mol. The lowest BCUT2D eigenvalue weighted by molar-refractivity contribution is 0.372. The van der Waals surface area contributed by atoms with Gasteiger partial charge in [-0.05, 0) is 15.9 Å². The quantitative estimate of drug-likeness (QED) is 0.795. The molecule has 3 aromatic heterocycles. The second-order valence-corrected chi connectivity index (χ2v) is 4.58. The molecule has 0 aromatic carbocycles. The van der Waals surface area contributed by atoms with E-state index in [9.17, 15) is 0 Å². The topological polar surface area (TPSA) is 68.2 Å². The molecular weight excluding hydrogens is 298 g/mol. The number of aromatic nitrogens is 4. The SMILES string of the molecule is Brc1cn2c(CNCc3ccno3)cnc2cn1. The number of hydrogen-bond acceptors (Lipinski definition) is 5. The molecule has 0 amide bonds. The zero-order valence-electron chi connectivity index (χ0n) is 9.38. The number of hydrogen-bond donors (Lipinski definition) is 1. The van der Waals surface area contributed by atoms with Crippen LogP contribution < -0.4 is 5.32 Å². The molecular formula is C11H10BrN5O. The largest absolute Gasteiger partial charge is 0.360 e. The molecule has 92 valence electrons. The summed E-state index contributed by atoms with van der Waals surface area (Å²) >= 11 is 3.35. The average Bonchev–Trinajstić information content (AvgIpc) is 2.99. The van der Waals surface area contributed by atoms with Gasteiger partial charge in [-0.25, -0.2) is 9.97 Å². The number of rotatable bonds is 4. The summed E-state index contributed by atoms with van der Waals surface area (Å²) in [6, 6.07) is 1.84. The van der Waals surface area contributed by atoms with Crippen LogP contribution in [0, 0.1) is 0 Å². The number of imidazole rings is 1. The van der Waals surface area contributed by atoms with Crippen molar-refractivity contribution in [2.75, 3.05) is 0 Å². The molecule has 0 unspecified atom stereocenters. The predicted molar refractivity (Wildman–Crippen MR) is 67.7 cm³/mol. The summed E-state index contributed by atoms with van der Waals surface area (Å²) < 4.78 is 7.78. The lowest BCUT2D eigenvalue weighted by atomic mass is 10.4. The molecule has 3 aromatic rings. The van der Waals surface area contributed by atoms with Gasteiger partial charge in [0, 0.05) is 18.8 Å². The minimum Gasteiger partial charge on any atom is -0.360 e. The zero-order valence-corrected chi connectivity index (χ0v) is 11.0. The molecule has 0 saturated carbocycles. The molecule has 0 atom stereocenters. The van der Waals surface area contributed by atoms with Crippen LogP contribution >= 0.6 is 15.9 Å². The van der Waals surface area contributed by atoms with E-state index in [1.54, 1.807) is 12.4 Å². The molecule has 0 spiro atoms. The van der Waals surface area contributed by atoms with Gasteiger partial charge in [0.15, 0.2) is 5.65 Å². The molecule has 6 nitrogen and oxygen atoms in total. The summed E-state index contributed by atoms with van der Waals surface area (Å²) in [4.78, 5) is 8.41. The highest BCUT2D eigenvalue weighted by atomic mass is 79.9. The second-order valence-electron chi connectivity index (χ2n) is 3.77. The van der Waals surface area contributed by atoms with Crippen molar-refractivity contribution in [1.82, 2.24) is 24.8 Å². The number of nitrogens with zero attached hydrogens (tertiary/aromatic N) is 4. The van der Waals surface area contributed by atoms with Gasteiger partial charge >= 0.3 is 0 Å². The Kier molecular flexibility index (Phi) is 3.07. The van der Waals surface area contributed by atoms with Crippen molar-refractivity contribution >= 4 is 21.6 Å². The van der Waals surface area contributed by atoms with Gasteiger partial charge < -0.3 is 9.84 Å². The van der Waals surface area contributed by atoms with Crippen LogP contribution in [-0.4, -0.2) is 19.5 Å². The highest BCUT2D eigenvalue weighted by Gasteiger charge is 2.04. The summed E-state index contributed by atoms with van der Waals surface area (Å²) in [5, 5.41) is 6.92. The smallest absolute Gasteiger partial charge is 0.155 e. The van der Waals surface area contributed by atoms with Crippen LogP contribution in [0.25, 0.3) is 5.65 Å². The Morgan fingerprint density at radius 2 is 2.22 bits per heavy atom. The molecule has 0 aliphatic carbocycles. The molecule has 0 fully saturated rings. The normalized spacial score (nSPS) is 11.2. The maximum atomic E-state index is 5.01. The first kappa shape index (κ1) is 11.4. The first-order chi connectivity index (χ1) is 8.83. The van der Waals surface area contributed by atoms with E-state index in [0.717, 1.165) is 21.7 Å². The first-order valence-corrected chi connectivity index (χ1v) is 6.20. The third-order valence-corrected chi connectivity index (χ3v) is 2.95. The van der Waals surface area contributed by atoms with E-state index in [1.807, 2.05) is 22.9 Å². The Labute approximate surface area is 111 Å². The highest BCUT2D eigenvalue weighted by Crippen LogP contribution is 2.10. The molecule has 18 heavy (non-hydrogen) atoms. The van der Waals surface area contributed by atoms with E-state index in [0.29, 0.717) is 13.1 Å². The molecule has 0 bridgehead atoms. The Hall–Kier alpha value is -1.73. The van der Waals surface area contributed by atoms with Crippen molar-refractivity contribution in [1.29, 1.82) is 0 Å². The average molecular weight is 308 g/mol. The van der Waals surface area contributed by atoms with E-state index < -0.39 is 0 Å². The first-order valence-electron chi connectivity index (χ1n) is 5.41. The Balaban J connectivity index is 1.72. The molecule has 7 heteroatoms. The maximum absolute atomic E-state index is 5.01. The molecule has 3 heterocycles. The van der Waals surface area contributed by atoms with E-state index in [1.165, 1.54) is 0 Å². The predicted octanol–water partition coefficient (Wildman–Crippen LogP) is 1.77. The van der Waals surface area contributed by atoms with E-state index in [2.05, 4.69) is 36.4 Å². The van der Waals surface area contributed by atoms with Gasteiger partial charge in [-0.15, -0.1) is 0 Å². The van der Waals surface area contributed by atoms with Gasteiger partial charge in [0.1, 0.15) is 10.4 Å². The molecule has 0 saturated heterocycles. The van der Waals surface area contributed by atoms with Crippen molar-refractivity contribution in [3.63, 3.8) is 0 Å². The van der Waals surface area contributed by atoms with Crippen molar-refractivity contribution in [2.24, 2.45) is 0 Å². The number of fused-ring (bicyclic) bond motifs is 1. The fourth-order valence-corrected chi connectivity index (χ4v) is 2.00. The van der Waals surface area contributed by atoms with Crippen molar-refractivity contribution < 1.29 is 4.52 Å². The standard InChI is InChI=1S/C11H10BrN5O/c12-10-7-17-8(4-15-11(17)6-14-10)3-13-5-9-1-2-16-18-9/h1-2,4,6-7,13H,3,5H2. The van der Waals surface area contributed by atoms with Crippen molar-refractivity contribution in [3.8, 4) is 0 Å². The van der Waals surface area contributed by atoms with Crippen LogP contribution in [0.15, 0.2) is 40.0 Å². The number of nitrogens with one attached hydrogen (secondary N) is 1. The van der Waals surface area contributed by atoms with Gasteiger partial charge in [0.2, 0.25) is 0 Å². The fourth-order valence-electron chi connectivity index (χ4n) is 1.69. The second kappa shape index (κ2) is 4.87. The van der Waals surface area contributed by atoms with Crippen LogP contribution in [0.3, 0.4) is 0 Å². The third-order valence-electron chi connectivity index (χ3n) is 2.54. The summed E-state index contributed by atoms with van der Waals surface area (Å²) in [6.45, 7) is 1.33. The fraction of sp³-hybridized carbons (Fsp3) is 0.182. The van der Waals surface area contributed by atoms with Gasteiger partial charge in [-0.1, -0.05) is 5.16 Å². The van der Waals surface area contributed by atoms with Crippen LogP contribution in [0.5, 0.6) is 0 Å². The molecule has 1 N–H and O–H groups in total. The lowest BCUT2D eigenvalue weighted by Crippen LogP contribution is -2.13. The molecule has 0 aliphatic heterocycles. The highest BCUT2D eigenvalue weighted by molar-refractivity contribution is 9.10. The van der Waals surface area contributed by atoms with E-state index in [4.69, 9.17) is 4.52 Å². The Bertz CT molecular complexity index is 649. The van der Waals surface area contributed by atoms with E-state index in [-0.39, 0.29) is 0 Å². The Morgan fingerprint density at radius 3 is 3.06 bits per heavy atom. The van der Waals surface area contributed by atoms with Crippen LogP contribution in [0.4, 0.5) is 0 Å². The van der Waals surface area contributed by atoms with Crippen LogP contribution in [0.1, 0.15) is 11.5 Å². The van der Waals surface area contributed by atoms with E-state index >= 15 is 0 Å². The molecule has 0 radical (unpaired) electrons. The number of halogens is 1. The zero-order chi connectivity index (χ0) is 12.4. The van der Waals surface area contributed by atoms with Crippen molar-refractivity contribution in [3.05, 3.63) is 46.9 Å². The molecule has 3 rings (SSSR count). The van der Waals surface area contributed by atoms with Crippen LogP contribution in [-0.2, 0) is 13.1 Å². The van der Waals surface area contributed by atoms with Gasteiger partial charge in [-0.2, -0.15) is 0 Å². The van der Waals surface area contributed by atoms with Crippen LogP contribution in [0.2, 0.25) is 0 Å². The summed E-state index contributed by atoms with van der Waals surface area (Å²) in [5.41, 5.74) is 1.89. The summed E-state index contributed by atoms with van der Waals surface area (Å²) in [7, 11) is 0. The van der Waals surface area contributed by atoms with Crippen molar-refractivity contribution in [2.45, 2.75) is 13.1 Å². The van der Waals surface area contributed by atoms with Gasteiger partial charge in [0.05, 0.1) is 30.8 Å². The minimum atomic E-state index is 0.638. The molecule has 0 aliphatic rings. The lowest BCUT2D eigenvalue weighted by Gasteiger charge is -2.03. The summed E-state index contributed by atoms with van der Waals surface area (Å²) in [6.07, 6.45) is 7.09. The van der Waals surface area contributed by atoms with Gasteiger partial charge in [0.25, 0.3) is 0 Å². The summed E-state index contributed by atoms with van der Waals surface area (Å²) in [5.74, 6) is 0.812. The minimum absolute atomic E-state index is 0.638. The Morgan fingerprint density at radius 1 is 1.28 bits per heavy atom. The van der Waals surface area contributed by atoms with Gasteiger partial charge in [-0.3, -0.25) is 4.40 Å². The third kappa shape index (κ3) is 2.27. The maximum Gasteiger partial charge on any atom is 0.155 e.